The Labute approximate surface area is 134 Å². The smallest absolute Gasteiger partial charge is 0.270 e. The number of nitro groups is 1. The van der Waals surface area contributed by atoms with Crippen LogP contribution in [0, 0.1) is 10.1 Å². The first-order chi connectivity index (χ1) is 10.9. The lowest BCUT2D eigenvalue weighted by molar-refractivity contribution is -0.385. The third kappa shape index (κ3) is 3.59. The van der Waals surface area contributed by atoms with E-state index in [1.165, 1.54) is 25.2 Å². The molecule has 0 radical (unpaired) electrons. The molecule has 0 atom stereocenters. The van der Waals surface area contributed by atoms with Gasteiger partial charge in [-0.15, -0.1) is 0 Å². The Hall–Kier alpha value is -2.61. The summed E-state index contributed by atoms with van der Waals surface area (Å²) in [5.74, 6) is 0.547. The topological polar surface area (TPSA) is 89.8 Å². The number of non-ortho nitro benzene ring substituents is 1. The van der Waals surface area contributed by atoms with Crippen molar-refractivity contribution >= 4 is 21.4 Å². The summed E-state index contributed by atoms with van der Waals surface area (Å²) in [6.45, 7) is 2.29. The number of hydrogen-bond donors (Lipinski definition) is 0. The molecule has 0 aliphatic carbocycles. The van der Waals surface area contributed by atoms with Gasteiger partial charge >= 0.3 is 0 Å². The highest BCUT2D eigenvalue weighted by Crippen LogP contribution is 2.27. The molecule has 23 heavy (non-hydrogen) atoms. The highest BCUT2D eigenvalue weighted by atomic mass is 32.2. The number of anilines is 1. The van der Waals surface area contributed by atoms with Crippen LogP contribution in [0.2, 0.25) is 0 Å². The number of sulfonamides is 1. The molecule has 0 N–H and O–H groups in total. The van der Waals surface area contributed by atoms with E-state index in [1.54, 1.807) is 24.3 Å². The average molecular weight is 336 g/mol. The maximum Gasteiger partial charge on any atom is 0.270 e. The summed E-state index contributed by atoms with van der Waals surface area (Å²) in [5, 5.41) is 10.8. The fraction of sp³-hybridized carbons (Fsp3) is 0.200. The van der Waals surface area contributed by atoms with Gasteiger partial charge in [0.1, 0.15) is 5.75 Å². The van der Waals surface area contributed by atoms with Crippen LogP contribution in [0.15, 0.2) is 53.4 Å². The van der Waals surface area contributed by atoms with E-state index in [9.17, 15) is 18.5 Å². The Bertz CT molecular complexity index is 820. The monoisotopic (exact) mass is 336 g/mol. The highest BCUT2D eigenvalue weighted by molar-refractivity contribution is 7.92. The third-order valence-electron chi connectivity index (χ3n) is 3.18. The third-order valence-corrected chi connectivity index (χ3v) is 4.96. The van der Waals surface area contributed by atoms with Gasteiger partial charge in [0, 0.05) is 25.2 Å². The van der Waals surface area contributed by atoms with Crippen LogP contribution < -0.4 is 9.04 Å². The van der Waals surface area contributed by atoms with Gasteiger partial charge in [0.05, 0.1) is 22.1 Å². The molecule has 0 amide bonds. The van der Waals surface area contributed by atoms with Gasteiger partial charge < -0.3 is 4.74 Å². The van der Waals surface area contributed by atoms with E-state index in [2.05, 4.69) is 0 Å². The van der Waals surface area contributed by atoms with Crippen molar-refractivity contribution in [3.8, 4) is 5.75 Å². The summed E-state index contributed by atoms with van der Waals surface area (Å²) in [4.78, 5) is 10.0. The Kier molecular flexibility index (Phi) is 4.85. The second-order valence-corrected chi connectivity index (χ2v) is 6.63. The first-order valence-corrected chi connectivity index (χ1v) is 8.26. The molecule has 7 nitrogen and oxygen atoms in total. The molecular formula is C15H16N2O5S. The highest BCUT2D eigenvalue weighted by Gasteiger charge is 2.23. The molecule has 0 saturated heterocycles. The fourth-order valence-electron chi connectivity index (χ4n) is 1.99. The van der Waals surface area contributed by atoms with E-state index in [1.807, 2.05) is 6.92 Å². The van der Waals surface area contributed by atoms with Crippen LogP contribution in [0.5, 0.6) is 5.75 Å². The fourth-order valence-corrected chi connectivity index (χ4v) is 3.22. The van der Waals surface area contributed by atoms with Crippen LogP contribution in [0.4, 0.5) is 11.4 Å². The van der Waals surface area contributed by atoms with Gasteiger partial charge in [0.2, 0.25) is 0 Å². The van der Waals surface area contributed by atoms with Crippen molar-refractivity contribution in [2.75, 3.05) is 18.0 Å². The molecule has 0 aliphatic rings. The summed E-state index contributed by atoms with van der Waals surface area (Å²) in [7, 11) is -2.52. The van der Waals surface area contributed by atoms with Crippen molar-refractivity contribution in [2.45, 2.75) is 11.8 Å². The first-order valence-electron chi connectivity index (χ1n) is 6.82. The molecule has 2 rings (SSSR count). The minimum atomic E-state index is -3.91. The zero-order chi connectivity index (χ0) is 17.0. The largest absolute Gasteiger partial charge is 0.494 e. The number of hydrogen-bond acceptors (Lipinski definition) is 5. The SMILES string of the molecule is CCOc1cccc(N(C)S(=O)(=O)c2cccc([N+](=O)[O-])c2)c1. The normalized spacial score (nSPS) is 11.0. The molecule has 0 spiro atoms. The summed E-state index contributed by atoms with van der Waals surface area (Å²) in [5.41, 5.74) is 0.130. The van der Waals surface area contributed by atoms with Crippen molar-refractivity contribution in [3.05, 3.63) is 58.6 Å². The van der Waals surface area contributed by atoms with Gasteiger partial charge in [0.15, 0.2) is 0 Å². The molecule has 0 unspecified atom stereocenters. The van der Waals surface area contributed by atoms with E-state index in [0.717, 1.165) is 10.4 Å². The Morgan fingerprint density at radius 2 is 1.87 bits per heavy atom. The summed E-state index contributed by atoms with van der Waals surface area (Å²) < 4.78 is 31.7. The van der Waals surface area contributed by atoms with Crippen molar-refractivity contribution in [2.24, 2.45) is 0 Å². The van der Waals surface area contributed by atoms with E-state index in [4.69, 9.17) is 4.74 Å². The molecule has 2 aromatic rings. The molecule has 8 heteroatoms. The van der Waals surface area contributed by atoms with Crippen molar-refractivity contribution in [1.29, 1.82) is 0 Å². The van der Waals surface area contributed by atoms with Gasteiger partial charge in [-0.25, -0.2) is 8.42 Å². The molecule has 0 bridgehead atoms. The zero-order valence-corrected chi connectivity index (χ0v) is 13.5. The number of nitro benzene ring substituents is 1. The Balaban J connectivity index is 2.41. The molecular weight excluding hydrogens is 320 g/mol. The lowest BCUT2D eigenvalue weighted by atomic mass is 10.3. The maximum atomic E-state index is 12.6. The van der Waals surface area contributed by atoms with Gasteiger partial charge in [-0.1, -0.05) is 12.1 Å². The standard InChI is InChI=1S/C15H16N2O5S/c1-3-22-14-8-4-6-12(10-14)16(2)23(20,21)15-9-5-7-13(11-15)17(18)19/h4-11H,3H2,1-2H3. The Morgan fingerprint density at radius 3 is 2.52 bits per heavy atom. The molecule has 122 valence electrons. The van der Waals surface area contributed by atoms with E-state index >= 15 is 0 Å². The molecule has 0 aliphatic heterocycles. The van der Waals surface area contributed by atoms with Gasteiger partial charge in [-0.05, 0) is 25.1 Å². The molecule has 0 saturated carbocycles. The summed E-state index contributed by atoms with van der Waals surface area (Å²) >= 11 is 0. The van der Waals surface area contributed by atoms with Crippen LogP contribution in [0.25, 0.3) is 0 Å². The minimum absolute atomic E-state index is 0.143. The molecule has 0 aromatic heterocycles. The molecule has 0 heterocycles. The average Bonchev–Trinajstić information content (AvgIpc) is 2.54. The van der Waals surface area contributed by atoms with Crippen LogP contribution >= 0.6 is 0 Å². The zero-order valence-electron chi connectivity index (χ0n) is 12.7. The van der Waals surface area contributed by atoms with Crippen molar-refractivity contribution in [1.82, 2.24) is 0 Å². The van der Waals surface area contributed by atoms with E-state index < -0.39 is 14.9 Å². The quantitative estimate of drug-likeness (QED) is 0.597. The van der Waals surface area contributed by atoms with Crippen LogP contribution in [-0.2, 0) is 10.0 Å². The minimum Gasteiger partial charge on any atom is -0.494 e. The van der Waals surface area contributed by atoms with Crippen molar-refractivity contribution in [3.63, 3.8) is 0 Å². The predicted molar refractivity (Wildman–Crippen MR) is 86.3 cm³/mol. The predicted octanol–water partition coefficient (Wildman–Crippen LogP) is 2.82. The lowest BCUT2D eigenvalue weighted by Crippen LogP contribution is -2.26. The van der Waals surface area contributed by atoms with Gasteiger partial charge in [-0.2, -0.15) is 0 Å². The van der Waals surface area contributed by atoms with E-state index in [-0.39, 0.29) is 10.6 Å². The molecule has 0 fully saturated rings. The Morgan fingerprint density at radius 1 is 1.17 bits per heavy atom. The maximum absolute atomic E-state index is 12.6. The van der Waals surface area contributed by atoms with Gasteiger partial charge in [0.25, 0.3) is 15.7 Å². The van der Waals surface area contributed by atoms with Crippen LogP contribution in [0.1, 0.15) is 6.92 Å². The second kappa shape index (κ2) is 6.66. The van der Waals surface area contributed by atoms with E-state index in [0.29, 0.717) is 18.0 Å². The number of rotatable bonds is 6. The van der Waals surface area contributed by atoms with Crippen LogP contribution in [-0.4, -0.2) is 27.0 Å². The number of nitrogens with zero attached hydrogens (tertiary/aromatic N) is 2. The number of ether oxygens (including phenoxy) is 1. The van der Waals surface area contributed by atoms with Crippen molar-refractivity contribution < 1.29 is 18.1 Å². The molecule has 2 aromatic carbocycles. The summed E-state index contributed by atoms with van der Waals surface area (Å²) in [6.07, 6.45) is 0. The number of benzene rings is 2. The lowest BCUT2D eigenvalue weighted by Gasteiger charge is -2.20. The summed E-state index contributed by atoms with van der Waals surface area (Å²) in [6, 6.07) is 11.6. The second-order valence-electron chi connectivity index (χ2n) is 4.66. The van der Waals surface area contributed by atoms with Gasteiger partial charge in [-0.3, -0.25) is 14.4 Å². The van der Waals surface area contributed by atoms with Crippen LogP contribution in [0.3, 0.4) is 0 Å². The first kappa shape index (κ1) is 16.8.